The van der Waals surface area contributed by atoms with E-state index < -0.39 is 0 Å². The summed E-state index contributed by atoms with van der Waals surface area (Å²) in [6.45, 7) is 17.4. The van der Waals surface area contributed by atoms with Crippen LogP contribution in [0.3, 0.4) is 0 Å². The van der Waals surface area contributed by atoms with E-state index in [0.29, 0.717) is 5.75 Å². The van der Waals surface area contributed by atoms with Crippen LogP contribution in [0.4, 0.5) is 0 Å². The van der Waals surface area contributed by atoms with E-state index in [0.717, 1.165) is 54.0 Å². The van der Waals surface area contributed by atoms with Crippen LogP contribution < -0.4 is 4.74 Å². The number of benzene rings is 1. The van der Waals surface area contributed by atoms with E-state index in [1.165, 1.54) is 48.8 Å². The normalized spacial score (nSPS) is 19.5. The number of hydrogen-bond acceptors (Lipinski definition) is 2. The highest BCUT2D eigenvalue weighted by molar-refractivity contribution is 5.58. The first-order chi connectivity index (χ1) is 14.5. The topological polar surface area (TPSA) is 29.5 Å². The summed E-state index contributed by atoms with van der Waals surface area (Å²) in [7, 11) is 0. The zero-order chi connectivity index (χ0) is 23.2. The second kappa shape index (κ2) is 11.2. The fourth-order valence-corrected chi connectivity index (χ4v) is 4.73. The number of phenols is 1. The molecule has 0 bridgehead atoms. The number of hydrogen-bond donors (Lipinski definition) is 1. The highest BCUT2D eigenvalue weighted by atomic mass is 16.5. The van der Waals surface area contributed by atoms with Crippen molar-refractivity contribution in [2.75, 3.05) is 0 Å². The van der Waals surface area contributed by atoms with Crippen molar-refractivity contribution in [1.29, 1.82) is 0 Å². The molecule has 0 saturated carbocycles. The molecule has 0 fully saturated rings. The lowest BCUT2D eigenvalue weighted by atomic mass is 9.85. The van der Waals surface area contributed by atoms with Crippen LogP contribution in [0.25, 0.3) is 0 Å². The molecule has 2 nitrogen and oxygen atoms in total. The van der Waals surface area contributed by atoms with Gasteiger partial charge in [-0.25, -0.2) is 0 Å². The van der Waals surface area contributed by atoms with Crippen molar-refractivity contribution >= 4 is 0 Å². The van der Waals surface area contributed by atoms with Crippen LogP contribution in [0.5, 0.6) is 11.5 Å². The first kappa shape index (κ1) is 25.6. The van der Waals surface area contributed by atoms with Crippen LogP contribution in [-0.4, -0.2) is 10.7 Å². The summed E-state index contributed by atoms with van der Waals surface area (Å²) in [6, 6.07) is 0. The minimum Gasteiger partial charge on any atom is -0.507 e. The van der Waals surface area contributed by atoms with Crippen molar-refractivity contribution < 1.29 is 9.84 Å². The van der Waals surface area contributed by atoms with Crippen LogP contribution in [0, 0.1) is 26.7 Å². The summed E-state index contributed by atoms with van der Waals surface area (Å²) in [5.74, 6) is 2.27. The first-order valence-electron chi connectivity index (χ1n) is 12.3. The molecular formula is C29H46O2. The molecule has 2 rings (SSSR count). The number of rotatable bonds is 10. The molecule has 0 aliphatic carbocycles. The summed E-state index contributed by atoms with van der Waals surface area (Å²) < 4.78 is 6.57. The Kier molecular flexibility index (Phi) is 9.28. The molecule has 1 N–H and O–H groups in total. The molecule has 0 amide bonds. The van der Waals surface area contributed by atoms with Gasteiger partial charge >= 0.3 is 0 Å². The van der Waals surface area contributed by atoms with Crippen LogP contribution in [0.15, 0.2) is 23.3 Å². The fourth-order valence-electron chi connectivity index (χ4n) is 4.73. The van der Waals surface area contributed by atoms with Gasteiger partial charge in [-0.2, -0.15) is 0 Å². The summed E-state index contributed by atoms with van der Waals surface area (Å²) in [5, 5.41) is 10.4. The fraction of sp³-hybridized carbons (Fsp3) is 0.655. The number of ether oxygens (including phenoxy) is 1. The Morgan fingerprint density at radius 3 is 2.42 bits per heavy atom. The summed E-state index contributed by atoms with van der Waals surface area (Å²) >= 11 is 0. The van der Waals surface area contributed by atoms with Gasteiger partial charge in [0.2, 0.25) is 0 Å². The molecule has 1 heterocycles. The molecule has 2 atom stereocenters. The van der Waals surface area contributed by atoms with E-state index in [1.54, 1.807) is 0 Å². The van der Waals surface area contributed by atoms with E-state index in [-0.39, 0.29) is 5.60 Å². The average Bonchev–Trinajstić information content (AvgIpc) is 2.70. The third-order valence-electron chi connectivity index (χ3n) is 7.24. The zero-order valence-electron chi connectivity index (χ0n) is 21.5. The minimum atomic E-state index is -0.121. The quantitative estimate of drug-likeness (QED) is 0.379. The van der Waals surface area contributed by atoms with Crippen LogP contribution in [0.2, 0.25) is 0 Å². The van der Waals surface area contributed by atoms with E-state index in [4.69, 9.17) is 4.74 Å². The molecular weight excluding hydrogens is 380 g/mol. The van der Waals surface area contributed by atoms with Crippen molar-refractivity contribution in [3.8, 4) is 11.5 Å². The van der Waals surface area contributed by atoms with Gasteiger partial charge < -0.3 is 9.84 Å². The molecule has 0 spiro atoms. The molecule has 0 radical (unpaired) electrons. The second-order valence-electron chi connectivity index (χ2n) is 10.5. The van der Waals surface area contributed by atoms with Crippen molar-refractivity contribution in [3.05, 3.63) is 45.6 Å². The second-order valence-corrected chi connectivity index (χ2v) is 10.5. The van der Waals surface area contributed by atoms with Gasteiger partial charge in [0.05, 0.1) is 0 Å². The van der Waals surface area contributed by atoms with Gasteiger partial charge in [-0.15, -0.1) is 0 Å². The predicted molar refractivity (Wildman–Crippen MR) is 134 cm³/mol. The molecule has 0 saturated heterocycles. The SMILES string of the molecule is CC(C)=CCCC(C)CCC/C(C)=C/CCC1(C)CCc2c(C)c(O)c(C)c(C)c2O1. The molecule has 2 heteroatoms. The van der Waals surface area contributed by atoms with E-state index in [2.05, 4.69) is 53.7 Å². The van der Waals surface area contributed by atoms with E-state index >= 15 is 0 Å². The number of fused-ring (bicyclic) bond motifs is 1. The lowest BCUT2D eigenvalue weighted by molar-refractivity contribution is 0.0558. The summed E-state index contributed by atoms with van der Waals surface area (Å²) in [5.41, 5.74) is 7.06. The maximum Gasteiger partial charge on any atom is 0.127 e. The Bertz CT molecular complexity index is 811. The van der Waals surface area contributed by atoms with Gasteiger partial charge in [0.25, 0.3) is 0 Å². The third-order valence-corrected chi connectivity index (χ3v) is 7.24. The van der Waals surface area contributed by atoms with Crippen molar-refractivity contribution in [2.45, 2.75) is 119 Å². The Morgan fingerprint density at radius 2 is 1.74 bits per heavy atom. The number of phenolic OH excluding ortho intramolecular Hbond substituents is 1. The number of allylic oxidation sites excluding steroid dienone is 4. The molecule has 1 aliphatic rings. The molecule has 1 aromatic rings. The average molecular weight is 427 g/mol. The lowest BCUT2D eigenvalue weighted by Crippen LogP contribution is -2.37. The van der Waals surface area contributed by atoms with Gasteiger partial charge in [-0.1, -0.05) is 36.6 Å². The molecule has 1 aromatic carbocycles. The largest absolute Gasteiger partial charge is 0.507 e. The summed E-state index contributed by atoms with van der Waals surface area (Å²) in [4.78, 5) is 0. The number of aromatic hydroxyl groups is 1. The molecule has 31 heavy (non-hydrogen) atoms. The van der Waals surface area contributed by atoms with Crippen LogP contribution in [0.1, 0.15) is 108 Å². The molecule has 1 aliphatic heterocycles. The smallest absolute Gasteiger partial charge is 0.127 e. The highest BCUT2D eigenvalue weighted by Gasteiger charge is 2.33. The Hall–Kier alpha value is -1.70. The van der Waals surface area contributed by atoms with Crippen LogP contribution >= 0.6 is 0 Å². The predicted octanol–water partition coefficient (Wildman–Crippen LogP) is 8.68. The summed E-state index contributed by atoms with van der Waals surface area (Å²) in [6.07, 6.45) is 15.3. The maximum atomic E-state index is 10.4. The maximum absolute atomic E-state index is 10.4. The molecule has 2 unspecified atom stereocenters. The van der Waals surface area contributed by atoms with Gasteiger partial charge in [-0.3, -0.25) is 0 Å². The molecule has 174 valence electrons. The Morgan fingerprint density at radius 1 is 1.03 bits per heavy atom. The monoisotopic (exact) mass is 426 g/mol. The Labute approximate surface area is 191 Å². The van der Waals surface area contributed by atoms with E-state index in [1.807, 2.05) is 13.8 Å². The minimum absolute atomic E-state index is 0.121. The van der Waals surface area contributed by atoms with Crippen molar-refractivity contribution in [1.82, 2.24) is 0 Å². The van der Waals surface area contributed by atoms with Gasteiger partial charge in [-0.05, 0) is 122 Å². The third kappa shape index (κ3) is 7.16. The Balaban J connectivity index is 1.83. The van der Waals surface area contributed by atoms with Crippen LogP contribution in [-0.2, 0) is 6.42 Å². The van der Waals surface area contributed by atoms with Crippen molar-refractivity contribution in [3.63, 3.8) is 0 Å². The highest BCUT2D eigenvalue weighted by Crippen LogP contribution is 2.44. The lowest BCUT2D eigenvalue weighted by Gasteiger charge is -2.38. The zero-order valence-corrected chi connectivity index (χ0v) is 21.5. The van der Waals surface area contributed by atoms with E-state index in [9.17, 15) is 5.11 Å². The van der Waals surface area contributed by atoms with Gasteiger partial charge in [0.15, 0.2) is 0 Å². The molecule has 0 aromatic heterocycles. The van der Waals surface area contributed by atoms with Gasteiger partial charge in [0.1, 0.15) is 17.1 Å². The van der Waals surface area contributed by atoms with Gasteiger partial charge in [0, 0.05) is 5.56 Å². The van der Waals surface area contributed by atoms with Crippen molar-refractivity contribution in [2.24, 2.45) is 5.92 Å². The standard InChI is InChI=1S/C29H46O2/c1-20(2)12-9-13-21(3)14-10-15-22(4)16-11-18-29(8)19-17-26-25(7)27(30)23(5)24(6)28(26)31-29/h12,16,21,30H,9-11,13-15,17-19H2,1-8H3/b22-16+. The first-order valence-corrected chi connectivity index (χ1v) is 12.3.